The molecule has 2 rings (SSSR count). The summed E-state index contributed by atoms with van der Waals surface area (Å²) in [6.07, 6.45) is -0.945. The number of carbonyl (C=O) groups excluding carboxylic acids is 1. The minimum absolute atomic E-state index is 0.179. The van der Waals surface area contributed by atoms with Gasteiger partial charge in [0, 0.05) is 11.6 Å². The first-order valence-corrected chi connectivity index (χ1v) is 6.60. The van der Waals surface area contributed by atoms with Gasteiger partial charge in [0.1, 0.15) is 5.75 Å². The molecule has 5 heteroatoms. The van der Waals surface area contributed by atoms with Crippen LogP contribution in [0.2, 0.25) is 0 Å². The molecule has 0 radical (unpaired) electrons. The van der Waals surface area contributed by atoms with Crippen molar-refractivity contribution in [1.82, 2.24) is 0 Å². The minimum Gasteiger partial charge on any atom is -0.454 e. The molecule has 0 atom stereocenters. The maximum absolute atomic E-state index is 11.7. The van der Waals surface area contributed by atoms with Crippen LogP contribution >= 0.6 is 0 Å². The largest absolute Gasteiger partial charge is 0.514 e. The molecule has 0 bridgehead atoms. The summed E-state index contributed by atoms with van der Waals surface area (Å²) in [6.45, 7) is 9.82. The predicted octanol–water partition coefficient (Wildman–Crippen LogP) is 3.64. The number of fused-ring (bicyclic) bond motifs is 1. The van der Waals surface area contributed by atoms with E-state index >= 15 is 0 Å². The van der Waals surface area contributed by atoms with Gasteiger partial charge in [-0.2, -0.15) is 0 Å². The molecule has 1 aliphatic rings. The molecule has 1 aromatic rings. The summed E-state index contributed by atoms with van der Waals surface area (Å²) in [7, 11) is 0. The molecule has 0 spiro atoms. The summed E-state index contributed by atoms with van der Waals surface area (Å²) in [5.74, 6) is 1.68. The van der Waals surface area contributed by atoms with E-state index in [0.717, 1.165) is 5.56 Å². The Bertz CT molecular complexity index is 514. The van der Waals surface area contributed by atoms with Gasteiger partial charge >= 0.3 is 6.16 Å². The first-order chi connectivity index (χ1) is 9.27. The standard InChI is InChI=1S/C15H20O5/c1-9(2)19-14(16)20-11-7-13-12(17-8-18-13)6-10(11)15(3,4)5/h6-7,9H,8H2,1-5H3. The van der Waals surface area contributed by atoms with Gasteiger partial charge in [-0.25, -0.2) is 4.79 Å². The normalized spacial score (nSPS) is 13.5. The average Bonchev–Trinajstić information content (AvgIpc) is 2.72. The molecule has 0 saturated heterocycles. The fraction of sp³-hybridized carbons (Fsp3) is 0.533. The second-order valence-corrected chi connectivity index (χ2v) is 5.97. The van der Waals surface area contributed by atoms with Crippen LogP contribution in [0.3, 0.4) is 0 Å². The second kappa shape index (κ2) is 5.23. The first-order valence-electron chi connectivity index (χ1n) is 6.60. The van der Waals surface area contributed by atoms with Crippen molar-refractivity contribution in [3.05, 3.63) is 17.7 Å². The maximum Gasteiger partial charge on any atom is 0.514 e. The van der Waals surface area contributed by atoms with Gasteiger partial charge in [-0.15, -0.1) is 0 Å². The molecule has 5 nitrogen and oxygen atoms in total. The maximum atomic E-state index is 11.7. The third kappa shape index (κ3) is 3.15. The Morgan fingerprint density at radius 2 is 1.80 bits per heavy atom. The third-order valence-corrected chi connectivity index (χ3v) is 2.81. The van der Waals surface area contributed by atoms with Crippen molar-refractivity contribution in [3.8, 4) is 17.2 Å². The Morgan fingerprint density at radius 3 is 2.35 bits per heavy atom. The van der Waals surface area contributed by atoms with E-state index in [4.69, 9.17) is 18.9 Å². The van der Waals surface area contributed by atoms with Crippen LogP contribution in [0.5, 0.6) is 17.2 Å². The van der Waals surface area contributed by atoms with Crippen molar-refractivity contribution in [2.75, 3.05) is 6.79 Å². The lowest BCUT2D eigenvalue weighted by Crippen LogP contribution is -2.19. The summed E-state index contributed by atoms with van der Waals surface area (Å²) in [5, 5.41) is 0. The molecule has 0 aliphatic carbocycles. The molecule has 20 heavy (non-hydrogen) atoms. The fourth-order valence-electron chi connectivity index (χ4n) is 1.90. The molecular formula is C15H20O5. The summed E-state index contributed by atoms with van der Waals surface area (Å²) in [6, 6.07) is 3.52. The number of carbonyl (C=O) groups is 1. The summed E-state index contributed by atoms with van der Waals surface area (Å²) < 4.78 is 21.0. The fourth-order valence-corrected chi connectivity index (χ4v) is 1.90. The van der Waals surface area contributed by atoms with E-state index < -0.39 is 6.16 Å². The topological polar surface area (TPSA) is 54.0 Å². The van der Waals surface area contributed by atoms with Gasteiger partial charge in [0.15, 0.2) is 11.5 Å². The second-order valence-electron chi connectivity index (χ2n) is 5.97. The Kier molecular flexibility index (Phi) is 3.79. The van der Waals surface area contributed by atoms with Gasteiger partial charge in [-0.3, -0.25) is 0 Å². The van der Waals surface area contributed by atoms with Crippen LogP contribution in [0.25, 0.3) is 0 Å². The smallest absolute Gasteiger partial charge is 0.454 e. The van der Waals surface area contributed by atoms with Gasteiger partial charge < -0.3 is 18.9 Å². The summed E-state index contributed by atoms with van der Waals surface area (Å²) in [4.78, 5) is 11.7. The van der Waals surface area contributed by atoms with E-state index in [9.17, 15) is 4.79 Å². The van der Waals surface area contributed by atoms with E-state index in [1.54, 1.807) is 19.9 Å². The van der Waals surface area contributed by atoms with Crippen molar-refractivity contribution in [2.45, 2.75) is 46.1 Å². The van der Waals surface area contributed by atoms with E-state index in [-0.39, 0.29) is 18.3 Å². The zero-order valence-corrected chi connectivity index (χ0v) is 12.5. The zero-order chi connectivity index (χ0) is 14.9. The number of hydrogen-bond acceptors (Lipinski definition) is 5. The molecule has 0 fully saturated rings. The monoisotopic (exact) mass is 280 g/mol. The third-order valence-electron chi connectivity index (χ3n) is 2.81. The minimum atomic E-state index is -0.718. The highest BCUT2D eigenvalue weighted by atomic mass is 16.7. The van der Waals surface area contributed by atoms with Crippen LogP contribution in [-0.4, -0.2) is 19.1 Å². The van der Waals surface area contributed by atoms with E-state index in [1.807, 2.05) is 26.8 Å². The lowest BCUT2D eigenvalue weighted by molar-refractivity contribution is 0.0723. The molecule has 1 aromatic carbocycles. The van der Waals surface area contributed by atoms with Crippen LogP contribution in [0, 0.1) is 0 Å². The van der Waals surface area contributed by atoms with Gasteiger partial charge in [-0.1, -0.05) is 20.8 Å². The summed E-state index contributed by atoms with van der Waals surface area (Å²) >= 11 is 0. The van der Waals surface area contributed by atoms with Crippen LogP contribution in [0.1, 0.15) is 40.2 Å². The van der Waals surface area contributed by atoms with Crippen LogP contribution in [0.15, 0.2) is 12.1 Å². The van der Waals surface area contributed by atoms with E-state index in [0.29, 0.717) is 17.2 Å². The van der Waals surface area contributed by atoms with Crippen LogP contribution in [-0.2, 0) is 10.2 Å². The highest BCUT2D eigenvalue weighted by Gasteiger charge is 2.26. The van der Waals surface area contributed by atoms with Crippen molar-refractivity contribution >= 4 is 6.16 Å². The summed E-state index contributed by atoms with van der Waals surface area (Å²) in [5.41, 5.74) is 0.663. The SMILES string of the molecule is CC(C)OC(=O)Oc1cc2c(cc1C(C)(C)C)OCO2. The molecule has 1 heterocycles. The van der Waals surface area contributed by atoms with Crippen LogP contribution in [0.4, 0.5) is 4.79 Å². The van der Waals surface area contributed by atoms with Gasteiger partial charge in [0.2, 0.25) is 6.79 Å². The Morgan fingerprint density at radius 1 is 1.20 bits per heavy atom. The Balaban J connectivity index is 2.33. The van der Waals surface area contributed by atoms with Crippen molar-refractivity contribution in [2.24, 2.45) is 0 Å². The highest BCUT2D eigenvalue weighted by Crippen LogP contribution is 2.42. The quantitative estimate of drug-likeness (QED) is 0.611. The average molecular weight is 280 g/mol. The lowest BCUT2D eigenvalue weighted by Gasteiger charge is -2.22. The molecule has 0 N–H and O–H groups in total. The van der Waals surface area contributed by atoms with E-state index in [1.165, 1.54) is 0 Å². The molecule has 0 saturated carbocycles. The van der Waals surface area contributed by atoms with Crippen LogP contribution < -0.4 is 14.2 Å². The Hall–Kier alpha value is -1.91. The first kappa shape index (κ1) is 14.5. The highest BCUT2D eigenvalue weighted by molar-refractivity contribution is 5.66. The van der Waals surface area contributed by atoms with Gasteiger partial charge in [-0.05, 0) is 25.3 Å². The molecule has 0 amide bonds. The molecule has 0 unspecified atom stereocenters. The molecule has 0 aromatic heterocycles. The van der Waals surface area contributed by atoms with E-state index in [2.05, 4.69) is 0 Å². The number of hydrogen-bond donors (Lipinski definition) is 0. The number of rotatable bonds is 2. The predicted molar refractivity (Wildman–Crippen MR) is 73.5 cm³/mol. The molecule has 1 aliphatic heterocycles. The number of benzene rings is 1. The van der Waals surface area contributed by atoms with Gasteiger partial charge in [0.05, 0.1) is 6.10 Å². The van der Waals surface area contributed by atoms with Crippen molar-refractivity contribution < 1.29 is 23.7 Å². The zero-order valence-electron chi connectivity index (χ0n) is 12.5. The number of ether oxygens (including phenoxy) is 4. The van der Waals surface area contributed by atoms with Crippen molar-refractivity contribution in [3.63, 3.8) is 0 Å². The van der Waals surface area contributed by atoms with Gasteiger partial charge in [0.25, 0.3) is 0 Å². The lowest BCUT2D eigenvalue weighted by atomic mass is 9.86. The molecule has 110 valence electrons. The Labute approximate surface area is 118 Å². The van der Waals surface area contributed by atoms with Crippen molar-refractivity contribution in [1.29, 1.82) is 0 Å². The molecular weight excluding hydrogens is 260 g/mol.